The summed E-state index contributed by atoms with van der Waals surface area (Å²) in [6.45, 7) is 2.17. The molecule has 1 fully saturated rings. The lowest BCUT2D eigenvalue weighted by molar-refractivity contribution is 0.0254. The van der Waals surface area contributed by atoms with Gasteiger partial charge in [-0.15, -0.1) is 0 Å². The van der Waals surface area contributed by atoms with Crippen LogP contribution in [0.15, 0.2) is 73.1 Å². The van der Waals surface area contributed by atoms with Crippen molar-refractivity contribution in [3.63, 3.8) is 0 Å². The van der Waals surface area contributed by atoms with E-state index in [2.05, 4.69) is 54.9 Å². The van der Waals surface area contributed by atoms with Crippen molar-refractivity contribution < 1.29 is 9.47 Å². The number of allylic oxidation sites excluding steroid dienone is 4. The first kappa shape index (κ1) is 22.3. The molecule has 8 heteroatoms. The number of imidazole rings is 1. The maximum absolute atomic E-state index is 9.81. The molecule has 0 spiro atoms. The Balaban J connectivity index is 1.29. The maximum atomic E-state index is 9.81. The zero-order valence-electron chi connectivity index (χ0n) is 19.8. The predicted molar refractivity (Wildman–Crippen MR) is 135 cm³/mol. The number of H-pyrrole nitrogens is 1. The van der Waals surface area contributed by atoms with Gasteiger partial charge in [-0.1, -0.05) is 18.2 Å². The number of aromatic nitrogens is 5. The van der Waals surface area contributed by atoms with Crippen LogP contribution in [0.1, 0.15) is 36.4 Å². The molecule has 8 nitrogen and oxygen atoms in total. The van der Waals surface area contributed by atoms with E-state index in [1.165, 1.54) is 5.57 Å². The van der Waals surface area contributed by atoms with E-state index >= 15 is 0 Å². The highest BCUT2D eigenvalue weighted by atomic mass is 16.5. The van der Waals surface area contributed by atoms with Crippen LogP contribution >= 0.6 is 0 Å². The number of nitrogens with one attached hydrogen (secondary N) is 1. The molecule has 1 atom stereocenters. The molecule has 0 saturated carbocycles. The molecular weight excluding hydrogens is 452 g/mol. The zero-order chi connectivity index (χ0) is 24.3. The Bertz CT molecular complexity index is 1470. The number of benzene rings is 1. The van der Waals surface area contributed by atoms with Crippen LogP contribution in [0.2, 0.25) is 0 Å². The fraction of sp³-hybridized carbons (Fsp3) is 0.286. The predicted octanol–water partition coefficient (Wildman–Crippen LogP) is 4.92. The normalized spacial score (nSPS) is 18.2. The Morgan fingerprint density at radius 1 is 1.19 bits per heavy atom. The molecule has 2 aliphatic rings. The third-order valence-corrected chi connectivity index (χ3v) is 6.74. The molecule has 180 valence electrons. The summed E-state index contributed by atoms with van der Waals surface area (Å²) in [4.78, 5) is 16.7. The number of aromatic amines is 1. The van der Waals surface area contributed by atoms with Gasteiger partial charge in [-0.25, -0.2) is 15.0 Å². The van der Waals surface area contributed by atoms with Crippen molar-refractivity contribution in [2.75, 3.05) is 13.2 Å². The number of nitriles is 1. The van der Waals surface area contributed by atoms with Crippen molar-refractivity contribution in [2.45, 2.75) is 37.8 Å². The van der Waals surface area contributed by atoms with E-state index in [1.54, 1.807) is 12.5 Å². The maximum Gasteiger partial charge on any atom is 0.141 e. The van der Waals surface area contributed by atoms with Crippen molar-refractivity contribution in [2.24, 2.45) is 0 Å². The minimum Gasteiger partial charge on any atom is -0.489 e. The monoisotopic (exact) mass is 478 g/mol. The number of ether oxygens (including phenoxy) is 2. The molecular formula is C28H26N6O2. The van der Waals surface area contributed by atoms with Gasteiger partial charge in [0.2, 0.25) is 0 Å². The SMILES string of the molecule is N#Cc1cc(-c2ncnc3[nH]c(C4C=C(Cn5ccnc5)C=CC4)cc23)ccc1OC1CCOCC1. The highest BCUT2D eigenvalue weighted by molar-refractivity contribution is 5.91. The van der Waals surface area contributed by atoms with Crippen LogP contribution in [0.5, 0.6) is 5.75 Å². The average molecular weight is 479 g/mol. The van der Waals surface area contributed by atoms with Crippen LogP contribution < -0.4 is 4.74 Å². The van der Waals surface area contributed by atoms with E-state index in [0.29, 0.717) is 24.5 Å². The van der Waals surface area contributed by atoms with Gasteiger partial charge >= 0.3 is 0 Å². The molecule has 1 aromatic carbocycles. The molecule has 3 aromatic heterocycles. The van der Waals surface area contributed by atoms with Gasteiger partial charge in [0.25, 0.3) is 0 Å². The molecule has 6 rings (SSSR count). The van der Waals surface area contributed by atoms with Crippen molar-refractivity contribution in [1.29, 1.82) is 5.26 Å². The van der Waals surface area contributed by atoms with Crippen molar-refractivity contribution in [3.05, 3.63) is 84.4 Å². The first-order valence-electron chi connectivity index (χ1n) is 12.2. The molecule has 1 N–H and O–H groups in total. The molecule has 4 heterocycles. The van der Waals surface area contributed by atoms with Crippen molar-refractivity contribution in [3.8, 4) is 23.1 Å². The second-order valence-electron chi connectivity index (χ2n) is 9.18. The first-order valence-corrected chi connectivity index (χ1v) is 12.2. The number of fused-ring (bicyclic) bond motifs is 1. The van der Waals surface area contributed by atoms with Crippen LogP contribution in [0.4, 0.5) is 0 Å². The average Bonchev–Trinajstić information content (AvgIpc) is 3.60. The second-order valence-corrected chi connectivity index (χ2v) is 9.18. The van der Waals surface area contributed by atoms with E-state index in [9.17, 15) is 5.26 Å². The Labute approximate surface area is 208 Å². The fourth-order valence-corrected chi connectivity index (χ4v) is 4.89. The third kappa shape index (κ3) is 4.53. The summed E-state index contributed by atoms with van der Waals surface area (Å²) in [5.74, 6) is 0.832. The minimum absolute atomic E-state index is 0.0750. The Morgan fingerprint density at radius 3 is 2.94 bits per heavy atom. The van der Waals surface area contributed by atoms with Gasteiger partial charge in [0, 0.05) is 54.3 Å². The number of rotatable bonds is 6. The lowest BCUT2D eigenvalue weighted by Gasteiger charge is -2.23. The van der Waals surface area contributed by atoms with Crippen molar-refractivity contribution in [1.82, 2.24) is 24.5 Å². The molecule has 0 radical (unpaired) electrons. The van der Waals surface area contributed by atoms with E-state index in [-0.39, 0.29) is 12.0 Å². The van der Waals surface area contributed by atoms with Gasteiger partial charge in [-0.3, -0.25) is 0 Å². The van der Waals surface area contributed by atoms with Crippen molar-refractivity contribution >= 4 is 11.0 Å². The topological polar surface area (TPSA) is 102 Å². The fourth-order valence-electron chi connectivity index (χ4n) is 4.89. The van der Waals surface area contributed by atoms with E-state index in [1.807, 2.05) is 30.7 Å². The number of hydrogen-bond acceptors (Lipinski definition) is 6. The van der Waals surface area contributed by atoms with Crippen LogP contribution in [0, 0.1) is 11.3 Å². The Hall–Kier alpha value is -4.22. The third-order valence-electron chi connectivity index (χ3n) is 6.74. The van der Waals surface area contributed by atoms with Gasteiger partial charge in [-0.05, 0) is 36.3 Å². The largest absolute Gasteiger partial charge is 0.489 e. The molecule has 1 saturated heterocycles. The van der Waals surface area contributed by atoms with E-state index in [0.717, 1.165) is 53.8 Å². The van der Waals surface area contributed by atoms with Gasteiger partial charge in [0.1, 0.15) is 29.9 Å². The standard InChI is InChI=1S/C28H26N6O2/c29-15-22-13-21(4-5-26(22)36-23-6-10-35-11-7-23)27-24-14-25(33-28(24)32-17-31-27)20-3-1-2-19(12-20)16-34-9-8-30-18-34/h1-2,4-5,8-9,12-14,17-18,20,23H,3,6-7,10-11,16H2,(H,31,32,33). The smallest absolute Gasteiger partial charge is 0.141 e. The Kier molecular flexibility index (Phi) is 6.06. The van der Waals surface area contributed by atoms with E-state index < -0.39 is 0 Å². The summed E-state index contributed by atoms with van der Waals surface area (Å²) in [5.41, 5.74) is 5.29. The molecule has 4 aromatic rings. The van der Waals surface area contributed by atoms with Crippen LogP contribution in [-0.2, 0) is 11.3 Å². The minimum atomic E-state index is 0.0750. The lowest BCUT2D eigenvalue weighted by atomic mass is 9.93. The highest BCUT2D eigenvalue weighted by Gasteiger charge is 2.20. The summed E-state index contributed by atoms with van der Waals surface area (Å²) < 4.78 is 13.6. The second kappa shape index (κ2) is 9.80. The summed E-state index contributed by atoms with van der Waals surface area (Å²) >= 11 is 0. The van der Waals surface area contributed by atoms with Crippen LogP contribution in [-0.4, -0.2) is 43.8 Å². The summed E-state index contributed by atoms with van der Waals surface area (Å²) in [5, 5.41) is 10.7. The first-order chi connectivity index (χ1) is 17.8. The molecule has 0 amide bonds. The van der Waals surface area contributed by atoms with Crippen LogP contribution in [0.25, 0.3) is 22.3 Å². The lowest BCUT2D eigenvalue weighted by Crippen LogP contribution is -2.26. The highest BCUT2D eigenvalue weighted by Crippen LogP contribution is 2.34. The van der Waals surface area contributed by atoms with Gasteiger partial charge < -0.3 is 19.0 Å². The molecule has 36 heavy (non-hydrogen) atoms. The molecule has 1 unspecified atom stereocenters. The molecule has 1 aliphatic carbocycles. The van der Waals surface area contributed by atoms with Gasteiger partial charge in [0.15, 0.2) is 0 Å². The number of hydrogen-bond donors (Lipinski definition) is 1. The summed E-state index contributed by atoms with van der Waals surface area (Å²) in [7, 11) is 0. The molecule has 1 aliphatic heterocycles. The summed E-state index contributed by atoms with van der Waals surface area (Å²) in [6.07, 6.45) is 16.5. The van der Waals surface area contributed by atoms with Gasteiger partial charge in [-0.2, -0.15) is 5.26 Å². The number of nitrogens with zero attached hydrogens (tertiary/aromatic N) is 5. The zero-order valence-corrected chi connectivity index (χ0v) is 19.8. The molecule has 0 bridgehead atoms. The quantitative estimate of drug-likeness (QED) is 0.422. The van der Waals surface area contributed by atoms with Gasteiger partial charge in [0.05, 0.1) is 30.8 Å². The van der Waals surface area contributed by atoms with E-state index in [4.69, 9.17) is 9.47 Å². The Morgan fingerprint density at radius 2 is 2.11 bits per heavy atom. The van der Waals surface area contributed by atoms with Crippen LogP contribution in [0.3, 0.4) is 0 Å². The summed E-state index contributed by atoms with van der Waals surface area (Å²) in [6, 6.07) is 10.1.